The summed E-state index contributed by atoms with van der Waals surface area (Å²) in [6, 6.07) is 0. The molecule has 0 radical (unpaired) electrons. The van der Waals surface area contributed by atoms with E-state index in [0.29, 0.717) is 0 Å². The van der Waals surface area contributed by atoms with Crippen molar-refractivity contribution in [2.75, 3.05) is 19.8 Å². The second-order valence-corrected chi connectivity index (χ2v) is 3.14. The molecule has 6 nitrogen and oxygen atoms in total. The van der Waals surface area contributed by atoms with Crippen LogP contribution < -0.4 is 0 Å². The van der Waals surface area contributed by atoms with E-state index in [1.807, 2.05) is 0 Å². The van der Waals surface area contributed by atoms with E-state index in [0.717, 1.165) is 6.21 Å². The normalized spacial score (nSPS) is 12.2. The number of ether oxygens (including phenoxy) is 2. The fourth-order valence-electron chi connectivity index (χ4n) is 1.00. The average Bonchev–Trinajstić information content (AvgIpc) is 2.24. The highest BCUT2D eigenvalue weighted by Crippen LogP contribution is 1.99. The second kappa shape index (κ2) is 8.43. The van der Waals surface area contributed by atoms with Crippen molar-refractivity contribution in [1.82, 2.24) is 0 Å². The van der Waals surface area contributed by atoms with E-state index >= 15 is 0 Å². The molecule has 0 heterocycles. The zero-order valence-corrected chi connectivity index (χ0v) is 10.3. The molecule has 0 aromatic heterocycles. The summed E-state index contributed by atoms with van der Waals surface area (Å²) in [7, 11) is 0. The number of carbonyl (C=O) groups excluding carboxylic acids is 3. The van der Waals surface area contributed by atoms with Crippen molar-refractivity contribution in [1.29, 1.82) is 0 Å². The number of aliphatic imine (C=N–C) groups is 1. The summed E-state index contributed by atoms with van der Waals surface area (Å²) < 4.78 is 9.34. The standard InChI is InChI=1S/C11H17NO5/c1-4-16-10(14)7-12-6-9(8(3)13)11(15)17-5-2/h6,9H,4-5,7H2,1-3H3. The van der Waals surface area contributed by atoms with Crippen LogP contribution in [0.4, 0.5) is 0 Å². The maximum absolute atomic E-state index is 11.3. The lowest BCUT2D eigenvalue weighted by Crippen LogP contribution is -2.26. The third-order valence-corrected chi connectivity index (χ3v) is 1.76. The van der Waals surface area contributed by atoms with Gasteiger partial charge < -0.3 is 9.47 Å². The molecule has 0 aliphatic carbocycles. The number of rotatable bonds is 7. The Labute approximate surface area is 100.0 Å². The van der Waals surface area contributed by atoms with Crippen LogP contribution in [-0.4, -0.2) is 43.7 Å². The molecule has 0 amide bonds. The van der Waals surface area contributed by atoms with Gasteiger partial charge in [-0.2, -0.15) is 0 Å². The van der Waals surface area contributed by atoms with Crippen LogP contribution in [0, 0.1) is 5.92 Å². The topological polar surface area (TPSA) is 82.0 Å². The second-order valence-electron chi connectivity index (χ2n) is 3.14. The van der Waals surface area contributed by atoms with Crippen molar-refractivity contribution in [3.05, 3.63) is 0 Å². The van der Waals surface area contributed by atoms with Crippen molar-refractivity contribution in [3.63, 3.8) is 0 Å². The van der Waals surface area contributed by atoms with Gasteiger partial charge >= 0.3 is 11.9 Å². The van der Waals surface area contributed by atoms with Gasteiger partial charge in [-0.1, -0.05) is 0 Å². The van der Waals surface area contributed by atoms with Crippen molar-refractivity contribution in [3.8, 4) is 0 Å². The minimum absolute atomic E-state index is 0.189. The van der Waals surface area contributed by atoms with Crippen LogP contribution in [0.15, 0.2) is 4.99 Å². The van der Waals surface area contributed by atoms with Crippen LogP contribution in [0.2, 0.25) is 0 Å². The SMILES string of the molecule is CCOC(=O)CN=CC(C(C)=O)C(=O)OCC. The molecular weight excluding hydrogens is 226 g/mol. The largest absolute Gasteiger partial charge is 0.465 e. The number of esters is 2. The molecule has 1 unspecified atom stereocenters. The molecule has 0 N–H and O–H groups in total. The predicted octanol–water partition coefficient (Wildman–Crippen LogP) is 0.389. The lowest BCUT2D eigenvalue weighted by Gasteiger charge is -2.07. The molecule has 0 rings (SSSR count). The highest BCUT2D eigenvalue weighted by atomic mass is 16.5. The smallest absolute Gasteiger partial charge is 0.327 e. The fourth-order valence-corrected chi connectivity index (χ4v) is 1.00. The van der Waals surface area contributed by atoms with Crippen molar-refractivity contribution in [2.45, 2.75) is 20.8 Å². The number of Topliss-reactive ketones (excluding diaryl/α,β-unsaturated/α-hetero) is 1. The van der Waals surface area contributed by atoms with E-state index in [9.17, 15) is 14.4 Å². The van der Waals surface area contributed by atoms with Gasteiger partial charge in [-0.05, 0) is 20.8 Å². The van der Waals surface area contributed by atoms with Gasteiger partial charge in [-0.25, -0.2) is 0 Å². The minimum atomic E-state index is -1.05. The van der Waals surface area contributed by atoms with Gasteiger partial charge in [-0.15, -0.1) is 0 Å². The van der Waals surface area contributed by atoms with Crippen LogP contribution >= 0.6 is 0 Å². The van der Waals surface area contributed by atoms with Gasteiger partial charge in [0.15, 0.2) is 0 Å². The number of ketones is 1. The lowest BCUT2D eigenvalue weighted by atomic mass is 10.1. The third-order valence-electron chi connectivity index (χ3n) is 1.76. The minimum Gasteiger partial charge on any atom is -0.465 e. The first-order chi connectivity index (χ1) is 8.02. The molecule has 0 bridgehead atoms. The van der Waals surface area contributed by atoms with E-state index < -0.39 is 17.9 Å². The number of hydrogen-bond donors (Lipinski definition) is 0. The summed E-state index contributed by atoms with van der Waals surface area (Å²) in [5.41, 5.74) is 0. The third kappa shape index (κ3) is 6.44. The molecule has 0 fully saturated rings. The highest BCUT2D eigenvalue weighted by Gasteiger charge is 2.22. The Kier molecular flexibility index (Phi) is 7.58. The Bertz CT molecular complexity index is 311. The lowest BCUT2D eigenvalue weighted by molar-refractivity contribution is -0.148. The number of hydrogen-bond acceptors (Lipinski definition) is 6. The first-order valence-electron chi connectivity index (χ1n) is 5.35. The van der Waals surface area contributed by atoms with E-state index in [-0.39, 0.29) is 25.5 Å². The van der Waals surface area contributed by atoms with Gasteiger partial charge in [0.1, 0.15) is 18.2 Å². The van der Waals surface area contributed by atoms with Gasteiger partial charge in [0.25, 0.3) is 0 Å². The molecule has 0 aromatic carbocycles. The van der Waals surface area contributed by atoms with Crippen LogP contribution in [-0.2, 0) is 23.9 Å². The Morgan fingerprint density at radius 3 is 2.24 bits per heavy atom. The first kappa shape index (κ1) is 15.3. The molecule has 1 atom stereocenters. The Hall–Kier alpha value is -1.72. The van der Waals surface area contributed by atoms with E-state index in [4.69, 9.17) is 4.74 Å². The molecule has 0 aromatic rings. The molecule has 0 saturated carbocycles. The van der Waals surface area contributed by atoms with E-state index in [1.54, 1.807) is 13.8 Å². The monoisotopic (exact) mass is 243 g/mol. The average molecular weight is 243 g/mol. The summed E-state index contributed by atoms with van der Waals surface area (Å²) in [5.74, 6) is -2.59. The molecule has 0 saturated heterocycles. The van der Waals surface area contributed by atoms with Gasteiger partial charge in [-0.3, -0.25) is 19.4 Å². The van der Waals surface area contributed by atoms with Gasteiger partial charge in [0, 0.05) is 6.21 Å². The Balaban J connectivity index is 4.35. The van der Waals surface area contributed by atoms with Crippen LogP contribution in [0.25, 0.3) is 0 Å². The summed E-state index contributed by atoms with van der Waals surface area (Å²) in [6.07, 6.45) is 1.12. The van der Waals surface area contributed by atoms with Crippen molar-refractivity contribution >= 4 is 23.9 Å². The van der Waals surface area contributed by atoms with Crippen LogP contribution in [0.1, 0.15) is 20.8 Å². The van der Waals surface area contributed by atoms with Gasteiger partial charge in [0.05, 0.1) is 13.2 Å². The maximum atomic E-state index is 11.3. The first-order valence-corrected chi connectivity index (χ1v) is 5.35. The molecule has 0 aliphatic heterocycles. The zero-order chi connectivity index (χ0) is 13.3. The Morgan fingerprint density at radius 1 is 1.18 bits per heavy atom. The summed E-state index contributed by atoms with van der Waals surface area (Å²) in [5, 5.41) is 0. The summed E-state index contributed by atoms with van der Waals surface area (Å²) in [6.45, 7) is 4.83. The molecule has 0 aliphatic rings. The Morgan fingerprint density at radius 2 is 1.76 bits per heavy atom. The van der Waals surface area contributed by atoms with Crippen molar-refractivity contribution in [2.24, 2.45) is 10.9 Å². The van der Waals surface area contributed by atoms with Crippen LogP contribution in [0.5, 0.6) is 0 Å². The van der Waals surface area contributed by atoms with E-state index in [1.165, 1.54) is 6.92 Å². The van der Waals surface area contributed by atoms with Crippen LogP contribution in [0.3, 0.4) is 0 Å². The molecule has 96 valence electrons. The highest BCUT2D eigenvalue weighted by molar-refractivity contribution is 6.11. The summed E-state index contributed by atoms with van der Waals surface area (Å²) in [4.78, 5) is 37.1. The molecule has 17 heavy (non-hydrogen) atoms. The van der Waals surface area contributed by atoms with Crippen molar-refractivity contribution < 1.29 is 23.9 Å². The molecular formula is C11H17NO5. The molecule has 0 spiro atoms. The summed E-state index contributed by atoms with van der Waals surface area (Å²) >= 11 is 0. The zero-order valence-electron chi connectivity index (χ0n) is 10.3. The van der Waals surface area contributed by atoms with E-state index in [2.05, 4.69) is 9.73 Å². The predicted molar refractivity (Wildman–Crippen MR) is 60.8 cm³/mol. The number of nitrogens with zero attached hydrogens (tertiary/aromatic N) is 1. The fraction of sp³-hybridized carbons (Fsp3) is 0.636. The quantitative estimate of drug-likeness (QED) is 0.367. The van der Waals surface area contributed by atoms with Gasteiger partial charge in [0.2, 0.25) is 0 Å². The maximum Gasteiger partial charge on any atom is 0.327 e. The molecule has 6 heteroatoms. The number of carbonyl (C=O) groups is 3.